The molecule has 2 aromatic carbocycles. The first-order valence-corrected chi connectivity index (χ1v) is 14.4. The summed E-state index contributed by atoms with van der Waals surface area (Å²) in [6.07, 6.45) is 12.0. The first-order valence-electron chi connectivity index (χ1n) is 14.0. The van der Waals surface area contributed by atoms with Crippen LogP contribution < -0.4 is 15.4 Å². The number of nitrogens with one attached hydrogen (secondary N) is 2. The first kappa shape index (κ1) is 26.9. The molecule has 2 unspecified atom stereocenters. The van der Waals surface area contributed by atoms with E-state index in [2.05, 4.69) is 25.5 Å². The van der Waals surface area contributed by atoms with Gasteiger partial charge in [0.05, 0.1) is 36.0 Å². The zero-order valence-electron chi connectivity index (χ0n) is 22.2. The molecule has 2 N–H and O–H groups in total. The minimum absolute atomic E-state index is 0.00999. The van der Waals surface area contributed by atoms with Gasteiger partial charge in [-0.25, -0.2) is 14.4 Å². The fourth-order valence-electron chi connectivity index (χ4n) is 5.96. The molecule has 3 fully saturated rings. The molecule has 210 valence electrons. The average Bonchev–Trinajstić information content (AvgIpc) is 3.54. The van der Waals surface area contributed by atoms with Crippen molar-refractivity contribution in [2.45, 2.75) is 50.6 Å². The van der Waals surface area contributed by atoms with Crippen LogP contribution in [0.1, 0.15) is 38.5 Å². The van der Waals surface area contributed by atoms with Crippen LogP contribution in [0.4, 0.5) is 21.6 Å². The van der Waals surface area contributed by atoms with Crippen molar-refractivity contribution < 1.29 is 18.7 Å². The average molecular weight is 566 g/mol. The predicted molar refractivity (Wildman–Crippen MR) is 154 cm³/mol. The maximum Gasteiger partial charge on any atom is 0.248 e. The predicted octanol–water partition coefficient (Wildman–Crippen LogP) is 6.09. The molecule has 8 nitrogen and oxygen atoms in total. The van der Waals surface area contributed by atoms with Crippen LogP contribution in [0, 0.1) is 11.7 Å². The van der Waals surface area contributed by atoms with Gasteiger partial charge >= 0.3 is 0 Å². The van der Waals surface area contributed by atoms with Gasteiger partial charge in [0.2, 0.25) is 5.91 Å². The number of benzene rings is 2. The summed E-state index contributed by atoms with van der Waals surface area (Å²) in [5.41, 5.74) is 1.78. The Morgan fingerprint density at radius 3 is 2.70 bits per heavy atom. The number of ether oxygens (including phenoxy) is 2. The number of rotatable bonds is 9. The van der Waals surface area contributed by atoms with E-state index in [0.717, 1.165) is 45.4 Å². The van der Waals surface area contributed by atoms with Gasteiger partial charge in [0.1, 0.15) is 23.7 Å². The summed E-state index contributed by atoms with van der Waals surface area (Å²) in [7, 11) is 0. The quantitative estimate of drug-likeness (QED) is 0.303. The number of carbonyl (C=O) groups is 1. The molecule has 2 saturated heterocycles. The maximum atomic E-state index is 13.7. The molecule has 1 aromatic heterocycles. The molecule has 3 heterocycles. The number of anilines is 3. The lowest BCUT2D eigenvalue weighted by molar-refractivity contribution is -0.112. The van der Waals surface area contributed by atoms with E-state index in [9.17, 15) is 9.18 Å². The van der Waals surface area contributed by atoms with Gasteiger partial charge < -0.3 is 20.1 Å². The van der Waals surface area contributed by atoms with E-state index in [0.29, 0.717) is 58.5 Å². The second kappa shape index (κ2) is 12.1. The minimum Gasteiger partial charge on any atom is -0.491 e. The van der Waals surface area contributed by atoms with Crippen molar-refractivity contribution in [1.82, 2.24) is 14.9 Å². The van der Waals surface area contributed by atoms with Crippen LogP contribution in [0.5, 0.6) is 5.75 Å². The highest BCUT2D eigenvalue weighted by Crippen LogP contribution is 2.35. The highest BCUT2D eigenvalue weighted by molar-refractivity contribution is 6.31. The third-order valence-electron chi connectivity index (χ3n) is 8.10. The van der Waals surface area contributed by atoms with Crippen molar-refractivity contribution in [3.63, 3.8) is 0 Å². The Labute approximate surface area is 237 Å². The molecule has 2 aliphatic heterocycles. The summed E-state index contributed by atoms with van der Waals surface area (Å²) in [4.78, 5) is 24.3. The van der Waals surface area contributed by atoms with Gasteiger partial charge in [-0.1, -0.05) is 30.5 Å². The molecule has 3 aliphatic rings. The van der Waals surface area contributed by atoms with E-state index in [1.807, 2.05) is 18.2 Å². The Kier molecular flexibility index (Phi) is 8.13. The van der Waals surface area contributed by atoms with E-state index in [4.69, 9.17) is 21.1 Å². The summed E-state index contributed by atoms with van der Waals surface area (Å²) >= 11 is 5.97. The number of aromatic nitrogens is 2. The SMILES string of the molecule is O=C(C=CCN1C2CCC1COC2)Nc1cc2c(Nc3ccc(F)c(Cl)c3)ncnc2cc1OCC1CCCC1. The lowest BCUT2D eigenvalue weighted by atomic mass is 10.1. The standard InChI is InChI=1S/C30H33ClFN5O3/c31-24-12-20(7-10-25(24)32)35-30-23-13-27(28(14-26(23)33-18-34-30)40-15-19-4-1-2-5-19)36-29(38)6-3-11-37-21-8-9-22(37)17-39-16-21/h3,6-7,10,12-14,18-19,21-22H,1-2,4-5,8-9,11,15-17H2,(H,36,38)(H,33,34,35). The Morgan fingerprint density at radius 1 is 1.12 bits per heavy atom. The van der Waals surface area contributed by atoms with Gasteiger partial charge in [-0.05, 0) is 55.9 Å². The van der Waals surface area contributed by atoms with Crippen LogP contribution in [0.2, 0.25) is 5.02 Å². The summed E-state index contributed by atoms with van der Waals surface area (Å²) in [5.74, 6) is 0.852. The summed E-state index contributed by atoms with van der Waals surface area (Å²) < 4.78 is 25.6. The van der Waals surface area contributed by atoms with Crippen LogP contribution in [0.15, 0.2) is 48.8 Å². The zero-order valence-corrected chi connectivity index (χ0v) is 23.0. The van der Waals surface area contributed by atoms with Gasteiger partial charge in [-0.15, -0.1) is 0 Å². The summed E-state index contributed by atoms with van der Waals surface area (Å²) in [6, 6.07) is 8.90. The van der Waals surface area contributed by atoms with Crippen molar-refractivity contribution in [3.8, 4) is 5.75 Å². The highest BCUT2D eigenvalue weighted by atomic mass is 35.5. The van der Waals surface area contributed by atoms with Crippen molar-refractivity contribution >= 4 is 45.6 Å². The van der Waals surface area contributed by atoms with E-state index >= 15 is 0 Å². The number of fused-ring (bicyclic) bond motifs is 3. The Hall–Kier alpha value is -3.27. The van der Waals surface area contributed by atoms with Crippen molar-refractivity contribution in [1.29, 1.82) is 0 Å². The second-order valence-corrected chi connectivity index (χ2v) is 11.2. The first-order chi connectivity index (χ1) is 19.5. The number of morpholine rings is 1. The van der Waals surface area contributed by atoms with Crippen LogP contribution >= 0.6 is 11.6 Å². The fraction of sp³-hybridized carbons (Fsp3) is 0.433. The van der Waals surface area contributed by atoms with Gasteiger partial charge in [0, 0.05) is 41.8 Å². The second-order valence-electron chi connectivity index (χ2n) is 10.8. The van der Waals surface area contributed by atoms with Crippen molar-refractivity contribution in [3.05, 3.63) is 59.7 Å². The number of hydrogen-bond donors (Lipinski definition) is 2. The fourth-order valence-corrected chi connectivity index (χ4v) is 6.14. The van der Waals surface area contributed by atoms with Gasteiger partial charge in [0.25, 0.3) is 0 Å². The lowest BCUT2D eigenvalue weighted by Gasteiger charge is -2.33. The van der Waals surface area contributed by atoms with Crippen LogP contribution in [0.25, 0.3) is 10.9 Å². The maximum absolute atomic E-state index is 13.7. The van der Waals surface area contributed by atoms with Crippen LogP contribution in [0.3, 0.4) is 0 Å². The molecule has 6 rings (SSSR count). The topological polar surface area (TPSA) is 88.6 Å². The van der Waals surface area contributed by atoms with Crippen molar-refractivity contribution in [2.24, 2.45) is 5.92 Å². The lowest BCUT2D eigenvalue weighted by Crippen LogP contribution is -2.45. The third kappa shape index (κ3) is 6.06. The Bertz CT molecular complexity index is 1400. The largest absolute Gasteiger partial charge is 0.491 e. The molecule has 3 aromatic rings. The smallest absolute Gasteiger partial charge is 0.248 e. The van der Waals surface area contributed by atoms with Gasteiger partial charge in [-0.3, -0.25) is 9.69 Å². The van der Waals surface area contributed by atoms with Gasteiger partial charge in [0.15, 0.2) is 0 Å². The molecule has 2 atom stereocenters. The molecule has 40 heavy (non-hydrogen) atoms. The third-order valence-corrected chi connectivity index (χ3v) is 8.39. The number of hydrogen-bond acceptors (Lipinski definition) is 7. The zero-order chi connectivity index (χ0) is 27.5. The number of amides is 1. The van der Waals surface area contributed by atoms with Gasteiger partial charge in [-0.2, -0.15) is 0 Å². The van der Waals surface area contributed by atoms with Crippen LogP contribution in [-0.4, -0.2) is 59.2 Å². The molecule has 1 aliphatic carbocycles. The highest BCUT2D eigenvalue weighted by Gasteiger charge is 2.36. The number of nitrogens with zero attached hydrogens (tertiary/aromatic N) is 3. The van der Waals surface area contributed by atoms with Crippen molar-refractivity contribution in [2.75, 3.05) is 37.0 Å². The van der Waals surface area contributed by atoms with E-state index < -0.39 is 5.82 Å². The molecule has 2 bridgehead atoms. The normalized spacial score (nSPS) is 21.4. The van der Waals surface area contributed by atoms with E-state index in [-0.39, 0.29) is 10.9 Å². The molecule has 0 spiro atoms. The van der Waals surface area contributed by atoms with E-state index in [1.165, 1.54) is 31.3 Å². The molecule has 1 saturated carbocycles. The number of halogens is 2. The molecule has 10 heteroatoms. The summed E-state index contributed by atoms with van der Waals surface area (Å²) in [6.45, 7) is 2.83. The molecular weight excluding hydrogens is 533 g/mol. The van der Waals surface area contributed by atoms with E-state index in [1.54, 1.807) is 12.1 Å². The monoisotopic (exact) mass is 565 g/mol. The Morgan fingerprint density at radius 2 is 1.93 bits per heavy atom. The minimum atomic E-state index is -0.497. The summed E-state index contributed by atoms with van der Waals surface area (Å²) in [5, 5.41) is 6.90. The molecule has 0 radical (unpaired) electrons. The number of carbonyl (C=O) groups excluding carboxylic acids is 1. The molecular formula is C30H33ClFN5O3. The Balaban J connectivity index is 1.23. The van der Waals surface area contributed by atoms with Crippen LogP contribution in [-0.2, 0) is 9.53 Å². The molecule has 1 amide bonds.